The molecule has 5 nitrogen and oxygen atoms in total. The van der Waals surface area contributed by atoms with E-state index >= 15 is 0 Å². The maximum absolute atomic E-state index is 6.11. The van der Waals surface area contributed by atoms with Gasteiger partial charge in [0.25, 0.3) is 0 Å². The van der Waals surface area contributed by atoms with Gasteiger partial charge in [0.1, 0.15) is 11.9 Å². The summed E-state index contributed by atoms with van der Waals surface area (Å²) in [4.78, 5) is 9.73. The largest absolute Gasteiger partial charge is 0.490 e. The highest BCUT2D eigenvalue weighted by molar-refractivity contribution is 14.0. The summed E-state index contributed by atoms with van der Waals surface area (Å²) < 4.78 is 6.11. The molecule has 0 aliphatic carbocycles. The number of hydrogen-bond acceptors (Lipinski definition) is 3. The van der Waals surface area contributed by atoms with Crippen molar-refractivity contribution in [2.75, 3.05) is 45.8 Å². The second kappa shape index (κ2) is 14.9. The first-order chi connectivity index (χ1) is 13.3. The van der Waals surface area contributed by atoms with Crippen LogP contribution < -0.4 is 10.1 Å². The number of nitrogens with one attached hydrogen (secondary N) is 1. The standard InChI is InChI=1S/C22H38N4O.HI/c1-4-23-22(24-16-10-11-17-25(5-2)6-3)26-18-14-21(15-19-26)27-20-12-8-7-9-13-20;/h7-9,12-13,21H,4-6,10-11,14-19H2,1-3H3,(H,23,24);1H. The SMILES string of the molecule is CCNC(=NCCCCN(CC)CC)N1CCC(Oc2ccccc2)CC1.I. The van der Waals surface area contributed by atoms with E-state index in [0.29, 0.717) is 6.10 Å². The molecular weight excluding hydrogens is 463 g/mol. The lowest BCUT2D eigenvalue weighted by Gasteiger charge is -2.34. The minimum absolute atomic E-state index is 0. The third-order valence-electron chi connectivity index (χ3n) is 5.16. The number of para-hydroxylation sites is 1. The van der Waals surface area contributed by atoms with Gasteiger partial charge in [-0.3, -0.25) is 4.99 Å². The van der Waals surface area contributed by atoms with Crippen LogP contribution in [0.15, 0.2) is 35.3 Å². The van der Waals surface area contributed by atoms with Gasteiger partial charge < -0.3 is 19.9 Å². The van der Waals surface area contributed by atoms with Gasteiger partial charge in [-0.1, -0.05) is 32.0 Å². The molecule has 0 atom stereocenters. The van der Waals surface area contributed by atoms with E-state index in [1.165, 1.54) is 13.0 Å². The minimum Gasteiger partial charge on any atom is -0.490 e. The molecule has 0 unspecified atom stereocenters. The van der Waals surface area contributed by atoms with Crippen LogP contribution in [0.1, 0.15) is 46.5 Å². The molecule has 0 aromatic heterocycles. The lowest BCUT2D eigenvalue weighted by atomic mass is 10.1. The van der Waals surface area contributed by atoms with Gasteiger partial charge in [0.15, 0.2) is 5.96 Å². The lowest BCUT2D eigenvalue weighted by molar-refractivity contribution is 0.129. The highest BCUT2D eigenvalue weighted by Gasteiger charge is 2.22. The average molecular weight is 502 g/mol. The van der Waals surface area contributed by atoms with Crippen molar-refractivity contribution in [1.82, 2.24) is 15.1 Å². The van der Waals surface area contributed by atoms with E-state index in [4.69, 9.17) is 9.73 Å². The van der Waals surface area contributed by atoms with Crippen LogP contribution in [-0.2, 0) is 0 Å². The summed E-state index contributed by atoms with van der Waals surface area (Å²) in [5.74, 6) is 2.04. The van der Waals surface area contributed by atoms with Crippen molar-refractivity contribution in [3.05, 3.63) is 30.3 Å². The first-order valence-electron chi connectivity index (χ1n) is 10.7. The molecule has 1 N–H and O–H groups in total. The zero-order valence-corrected chi connectivity index (χ0v) is 20.2. The Morgan fingerprint density at radius 2 is 1.79 bits per heavy atom. The minimum atomic E-state index is 0. The van der Waals surface area contributed by atoms with Gasteiger partial charge >= 0.3 is 0 Å². The summed E-state index contributed by atoms with van der Waals surface area (Å²) in [5.41, 5.74) is 0. The zero-order chi connectivity index (χ0) is 19.3. The molecule has 1 saturated heterocycles. The van der Waals surface area contributed by atoms with Crippen LogP contribution in [-0.4, -0.2) is 67.7 Å². The normalized spacial score (nSPS) is 15.4. The van der Waals surface area contributed by atoms with Crippen molar-refractivity contribution < 1.29 is 4.74 Å². The van der Waals surface area contributed by atoms with Crippen molar-refractivity contribution in [3.63, 3.8) is 0 Å². The Hall–Kier alpha value is -1.02. The predicted molar refractivity (Wildman–Crippen MR) is 130 cm³/mol. The predicted octanol–water partition coefficient (Wildman–Crippen LogP) is 4.24. The Bertz CT molecular complexity index is 529. The topological polar surface area (TPSA) is 40.1 Å². The molecule has 0 saturated carbocycles. The summed E-state index contributed by atoms with van der Waals surface area (Å²) >= 11 is 0. The number of piperidine rings is 1. The number of ether oxygens (including phenoxy) is 1. The molecule has 1 aliphatic rings. The van der Waals surface area contributed by atoms with Gasteiger partial charge in [-0.2, -0.15) is 0 Å². The Kier molecular flexibility index (Phi) is 13.3. The Morgan fingerprint density at radius 1 is 1.11 bits per heavy atom. The Morgan fingerprint density at radius 3 is 2.39 bits per heavy atom. The van der Waals surface area contributed by atoms with Crippen molar-refractivity contribution in [1.29, 1.82) is 0 Å². The number of aliphatic imine (C=N–C) groups is 1. The summed E-state index contributed by atoms with van der Waals surface area (Å²) in [6, 6.07) is 10.2. The molecule has 1 heterocycles. The van der Waals surface area contributed by atoms with Crippen LogP contribution in [0.5, 0.6) is 5.75 Å². The van der Waals surface area contributed by atoms with Crippen LogP contribution in [0.25, 0.3) is 0 Å². The zero-order valence-electron chi connectivity index (χ0n) is 17.9. The van der Waals surface area contributed by atoms with Gasteiger partial charge in [0.2, 0.25) is 0 Å². The molecule has 0 spiro atoms. The van der Waals surface area contributed by atoms with Crippen LogP contribution in [0, 0.1) is 0 Å². The van der Waals surface area contributed by atoms with Crippen molar-refractivity contribution in [2.45, 2.75) is 52.6 Å². The molecule has 0 radical (unpaired) electrons. The van der Waals surface area contributed by atoms with Crippen molar-refractivity contribution >= 4 is 29.9 Å². The molecule has 6 heteroatoms. The fourth-order valence-corrected chi connectivity index (χ4v) is 3.47. The number of guanidine groups is 1. The lowest BCUT2D eigenvalue weighted by Crippen LogP contribution is -2.47. The first kappa shape index (κ1) is 25.0. The Balaban J connectivity index is 0.00000392. The highest BCUT2D eigenvalue weighted by Crippen LogP contribution is 2.18. The van der Waals surface area contributed by atoms with Crippen LogP contribution in [0.2, 0.25) is 0 Å². The summed E-state index contributed by atoms with van der Waals surface area (Å²) in [5, 5.41) is 3.46. The van der Waals surface area contributed by atoms with Crippen molar-refractivity contribution in [2.24, 2.45) is 4.99 Å². The maximum Gasteiger partial charge on any atom is 0.193 e. The molecular formula is C22H39IN4O. The number of benzene rings is 1. The molecule has 160 valence electrons. The van der Waals surface area contributed by atoms with Gasteiger partial charge in [-0.15, -0.1) is 24.0 Å². The van der Waals surface area contributed by atoms with E-state index in [9.17, 15) is 0 Å². The second-order valence-corrected chi connectivity index (χ2v) is 7.09. The van der Waals surface area contributed by atoms with Gasteiger partial charge in [-0.05, 0) is 51.5 Å². The summed E-state index contributed by atoms with van der Waals surface area (Å²) in [7, 11) is 0. The van der Waals surface area contributed by atoms with Crippen molar-refractivity contribution in [3.8, 4) is 5.75 Å². The number of unbranched alkanes of at least 4 members (excludes halogenated alkanes) is 1. The van der Waals surface area contributed by atoms with Crippen LogP contribution in [0.3, 0.4) is 0 Å². The van der Waals surface area contributed by atoms with E-state index in [0.717, 1.165) is 70.2 Å². The molecule has 1 aromatic carbocycles. The fourth-order valence-electron chi connectivity index (χ4n) is 3.47. The molecule has 2 rings (SSSR count). The molecule has 28 heavy (non-hydrogen) atoms. The number of nitrogens with zero attached hydrogens (tertiary/aromatic N) is 3. The maximum atomic E-state index is 6.11. The monoisotopic (exact) mass is 502 g/mol. The number of hydrogen-bond donors (Lipinski definition) is 1. The van der Waals surface area contributed by atoms with Gasteiger partial charge in [0, 0.05) is 39.0 Å². The third-order valence-corrected chi connectivity index (χ3v) is 5.16. The molecule has 1 aliphatic heterocycles. The number of halogens is 1. The van der Waals surface area contributed by atoms with E-state index in [1.807, 2.05) is 30.3 Å². The molecule has 0 amide bonds. The van der Waals surface area contributed by atoms with E-state index in [1.54, 1.807) is 0 Å². The summed E-state index contributed by atoms with van der Waals surface area (Å²) in [6.45, 7) is 13.9. The molecule has 1 fully saturated rings. The highest BCUT2D eigenvalue weighted by atomic mass is 127. The Labute approximate surface area is 188 Å². The summed E-state index contributed by atoms with van der Waals surface area (Å²) in [6.07, 6.45) is 4.76. The van der Waals surface area contributed by atoms with Gasteiger partial charge in [-0.25, -0.2) is 0 Å². The quantitative estimate of drug-likeness (QED) is 0.225. The average Bonchev–Trinajstić information content (AvgIpc) is 2.71. The molecule has 0 bridgehead atoms. The smallest absolute Gasteiger partial charge is 0.193 e. The van der Waals surface area contributed by atoms with Crippen LogP contribution in [0.4, 0.5) is 0 Å². The number of likely N-dealkylation sites (tertiary alicyclic amines) is 1. The van der Waals surface area contributed by atoms with Gasteiger partial charge in [0.05, 0.1) is 0 Å². The van der Waals surface area contributed by atoms with E-state index in [2.05, 4.69) is 35.9 Å². The second-order valence-electron chi connectivity index (χ2n) is 7.09. The number of rotatable bonds is 10. The van der Waals surface area contributed by atoms with E-state index in [-0.39, 0.29) is 24.0 Å². The molecule has 1 aromatic rings. The fraction of sp³-hybridized carbons (Fsp3) is 0.682. The van der Waals surface area contributed by atoms with Crippen LogP contribution >= 0.6 is 24.0 Å². The van der Waals surface area contributed by atoms with E-state index < -0.39 is 0 Å². The first-order valence-corrected chi connectivity index (χ1v) is 10.7. The third kappa shape index (κ3) is 8.99.